The molecule has 0 aliphatic heterocycles. The molecule has 0 rings (SSSR count). The molecule has 0 aliphatic carbocycles. The van der Waals surface area contributed by atoms with Crippen molar-refractivity contribution in [2.75, 3.05) is 13.1 Å². The Labute approximate surface area is 55.0 Å². The van der Waals surface area contributed by atoms with Gasteiger partial charge in [0.1, 0.15) is 0 Å². The molecular weight excluding hydrogens is 155 g/mol. The second-order valence-electron chi connectivity index (χ2n) is 0.856. The molecule has 0 aromatic rings. The fourth-order valence-electron chi connectivity index (χ4n) is 0.224. The minimum absolute atomic E-state index is 0. The molecule has 6 heavy (non-hydrogen) atoms. The largest absolute Gasteiger partial charge is 0.663 e. The molecular formula is C4H10NNb-. The van der Waals surface area contributed by atoms with E-state index in [1.807, 2.05) is 13.8 Å². The van der Waals surface area contributed by atoms with Crippen LogP contribution >= 0.6 is 0 Å². The van der Waals surface area contributed by atoms with Crippen LogP contribution in [0.4, 0.5) is 0 Å². The zero-order valence-electron chi connectivity index (χ0n) is 4.31. The topological polar surface area (TPSA) is 14.1 Å². The van der Waals surface area contributed by atoms with Gasteiger partial charge in [-0.3, -0.25) is 0 Å². The number of hydrogen-bond donors (Lipinski definition) is 0. The van der Waals surface area contributed by atoms with Crippen LogP contribution < -0.4 is 0 Å². The molecule has 0 heterocycles. The van der Waals surface area contributed by atoms with E-state index in [0.717, 1.165) is 13.1 Å². The average molecular weight is 165 g/mol. The summed E-state index contributed by atoms with van der Waals surface area (Å²) in [5, 5.41) is 3.97. The predicted octanol–water partition coefficient (Wildman–Crippen LogP) is 1.40. The smallest absolute Gasteiger partial charge is 0 e. The molecule has 0 unspecified atom stereocenters. The van der Waals surface area contributed by atoms with Gasteiger partial charge in [0.2, 0.25) is 0 Å². The Balaban J connectivity index is 0. The summed E-state index contributed by atoms with van der Waals surface area (Å²) < 4.78 is 0. The van der Waals surface area contributed by atoms with E-state index < -0.39 is 0 Å². The molecule has 2 heteroatoms. The van der Waals surface area contributed by atoms with Crippen LogP contribution in [-0.2, 0) is 22.4 Å². The molecule has 0 spiro atoms. The van der Waals surface area contributed by atoms with Gasteiger partial charge in [0.25, 0.3) is 0 Å². The second-order valence-corrected chi connectivity index (χ2v) is 0.856. The monoisotopic (exact) mass is 165 g/mol. The summed E-state index contributed by atoms with van der Waals surface area (Å²) in [4.78, 5) is 0. The SMILES string of the molecule is CC[N-]CC.[Nb]. The van der Waals surface area contributed by atoms with Gasteiger partial charge in [-0.2, -0.15) is 13.1 Å². The van der Waals surface area contributed by atoms with Gasteiger partial charge in [-0.05, 0) is 0 Å². The standard InChI is InChI=1S/C4H10N.Nb/c1-3-5-4-2;/h3-4H2,1-2H3;/q-1;. The Morgan fingerprint density at radius 3 is 1.50 bits per heavy atom. The maximum atomic E-state index is 3.97. The van der Waals surface area contributed by atoms with Crippen LogP contribution in [-0.4, -0.2) is 13.1 Å². The van der Waals surface area contributed by atoms with Gasteiger partial charge in [-0.1, -0.05) is 13.8 Å². The molecule has 1 nitrogen and oxygen atoms in total. The molecule has 37 valence electrons. The summed E-state index contributed by atoms with van der Waals surface area (Å²) >= 11 is 0. The molecule has 0 saturated carbocycles. The first-order valence-electron chi connectivity index (χ1n) is 2.05. The maximum Gasteiger partial charge on any atom is 0 e. The zero-order valence-corrected chi connectivity index (χ0v) is 6.51. The van der Waals surface area contributed by atoms with Gasteiger partial charge >= 0.3 is 0 Å². The molecule has 0 bridgehead atoms. The normalized spacial score (nSPS) is 7.00. The third-order valence-corrected chi connectivity index (χ3v) is 0.447. The first kappa shape index (κ1) is 9.85. The Morgan fingerprint density at radius 1 is 1.17 bits per heavy atom. The molecule has 0 amide bonds. The molecule has 0 aromatic heterocycles. The molecule has 0 fully saturated rings. The summed E-state index contributed by atoms with van der Waals surface area (Å²) in [6.45, 7) is 6.03. The minimum Gasteiger partial charge on any atom is -0.663 e. The molecule has 0 N–H and O–H groups in total. The van der Waals surface area contributed by atoms with E-state index >= 15 is 0 Å². The van der Waals surface area contributed by atoms with Crippen LogP contribution in [0, 0.1) is 0 Å². The fraction of sp³-hybridized carbons (Fsp3) is 1.00. The van der Waals surface area contributed by atoms with Crippen molar-refractivity contribution in [2.24, 2.45) is 0 Å². The maximum absolute atomic E-state index is 3.97. The van der Waals surface area contributed by atoms with Crippen LogP contribution in [0.5, 0.6) is 0 Å². The van der Waals surface area contributed by atoms with Crippen molar-refractivity contribution in [3.05, 3.63) is 5.32 Å². The quantitative estimate of drug-likeness (QED) is 0.549. The first-order chi connectivity index (χ1) is 2.41. The fourth-order valence-corrected chi connectivity index (χ4v) is 0.224. The minimum atomic E-state index is 0. The molecule has 0 atom stereocenters. The van der Waals surface area contributed by atoms with Gasteiger partial charge in [0.05, 0.1) is 0 Å². The van der Waals surface area contributed by atoms with Crippen LogP contribution in [0.1, 0.15) is 13.8 Å². The van der Waals surface area contributed by atoms with Crippen molar-refractivity contribution in [3.63, 3.8) is 0 Å². The summed E-state index contributed by atoms with van der Waals surface area (Å²) in [5.41, 5.74) is 0. The van der Waals surface area contributed by atoms with E-state index in [1.165, 1.54) is 0 Å². The van der Waals surface area contributed by atoms with E-state index in [9.17, 15) is 0 Å². The predicted molar refractivity (Wildman–Crippen MR) is 24.4 cm³/mol. The Morgan fingerprint density at radius 2 is 1.50 bits per heavy atom. The van der Waals surface area contributed by atoms with Crippen LogP contribution in [0.15, 0.2) is 0 Å². The summed E-state index contributed by atoms with van der Waals surface area (Å²) in [6.07, 6.45) is 0. The third kappa shape index (κ3) is 8.83. The number of hydrogen-bond acceptors (Lipinski definition) is 0. The summed E-state index contributed by atoms with van der Waals surface area (Å²) in [7, 11) is 0. The van der Waals surface area contributed by atoms with Crippen molar-refractivity contribution in [2.45, 2.75) is 13.8 Å². The second kappa shape index (κ2) is 9.20. The Hall–Kier alpha value is 0.700. The Kier molecular flexibility index (Phi) is 15.1. The van der Waals surface area contributed by atoms with Crippen molar-refractivity contribution in [3.8, 4) is 0 Å². The van der Waals surface area contributed by atoms with E-state index in [0.29, 0.717) is 0 Å². The molecule has 0 aromatic carbocycles. The zero-order chi connectivity index (χ0) is 4.12. The molecule has 0 saturated heterocycles. The van der Waals surface area contributed by atoms with Crippen LogP contribution in [0.2, 0.25) is 0 Å². The van der Waals surface area contributed by atoms with Crippen molar-refractivity contribution in [1.29, 1.82) is 0 Å². The average Bonchev–Trinajstić information content (AvgIpc) is 1.41. The number of nitrogens with zero attached hydrogens (tertiary/aromatic N) is 1. The van der Waals surface area contributed by atoms with Crippen LogP contribution in [0.3, 0.4) is 0 Å². The van der Waals surface area contributed by atoms with E-state index in [-0.39, 0.29) is 22.4 Å². The number of rotatable bonds is 2. The van der Waals surface area contributed by atoms with E-state index in [4.69, 9.17) is 0 Å². The summed E-state index contributed by atoms with van der Waals surface area (Å²) in [5.74, 6) is 0. The first-order valence-corrected chi connectivity index (χ1v) is 2.05. The van der Waals surface area contributed by atoms with Gasteiger partial charge in [-0.15, -0.1) is 0 Å². The van der Waals surface area contributed by atoms with Crippen molar-refractivity contribution in [1.82, 2.24) is 0 Å². The van der Waals surface area contributed by atoms with Gasteiger partial charge in [0.15, 0.2) is 0 Å². The Bertz CT molecular complexity index is 15.0. The van der Waals surface area contributed by atoms with Crippen molar-refractivity contribution >= 4 is 0 Å². The van der Waals surface area contributed by atoms with Crippen LogP contribution in [0.25, 0.3) is 5.32 Å². The molecule has 0 aliphatic rings. The third-order valence-electron chi connectivity index (χ3n) is 0.447. The van der Waals surface area contributed by atoms with Crippen molar-refractivity contribution < 1.29 is 22.4 Å². The van der Waals surface area contributed by atoms with Gasteiger partial charge in [0, 0.05) is 22.4 Å². The van der Waals surface area contributed by atoms with Gasteiger partial charge in [-0.25, -0.2) is 0 Å². The van der Waals surface area contributed by atoms with E-state index in [2.05, 4.69) is 5.32 Å². The molecule has 1 radical (unpaired) electrons. The van der Waals surface area contributed by atoms with E-state index in [1.54, 1.807) is 0 Å². The van der Waals surface area contributed by atoms with Gasteiger partial charge < -0.3 is 5.32 Å². The summed E-state index contributed by atoms with van der Waals surface area (Å²) in [6, 6.07) is 0.